The quantitative estimate of drug-likeness (QED) is 0.633. The first-order chi connectivity index (χ1) is 7.47. The molecule has 0 saturated carbocycles. The van der Waals surface area contributed by atoms with Crippen LogP contribution in [0.2, 0.25) is 0 Å². The maximum absolute atomic E-state index is 12.1. The van der Waals surface area contributed by atoms with E-state index in [2.05, 4.69) is 0 Å². The van der Waals surface area contributed by atoms with Crippen LogP contribution in [-0.4, -0.2) is 28.7 Å². The van der Waals surface area contributed by atoms with Crippen molar-refractivity contribution in [3.05, 3.63) is 0 Å². The Balaban J connectivity index is 2.05. The van der Waals surface area contributed by atoms with Gasteiger partial charge in [0, 0.05) is 12.1 Å². The van der Waals surface area contributed by atoms with Gasteiger partial charge in [-0.1, -0.05) is 12.8 Å². The number of amides is 1. The van der Waals surface area contributed by atoms with Crippen LogP contribution in [0, 0.1) is 0 Å². The van der Waals surface area contributed by atoms with E-state index < -0.39 is 0 Å². The van der Waals surface area contributed by atoms with Crippen molar-refractivity contribution in [1.29, 1.82) is 0 Å². The van der Waals surface area contributed by atoms with E-state index in [0.717, 1.165) is 12.8 Å². The first-order valence-electron chi connectivity index (χ1n) is 6.49. The monoisotopic (exact) mass is 225 g/mol. The minimum atomic E-state index is -0.372. The van der Waals surface area contributed by atoms with Gasteiger partial charge in [-0.3, -0.25) is 0 Å². The molecule has 2 fully saturated rings. The van der Waals surface area contributed by atoms with Crippen molar-refractivity contribution in [1.82, 2.24) is 4.90 Å². The summed E-state index contributed by atoms with van der Waals surface area (Å²) in [5.41, 5.74) is -0.372. The number of hydrogen-bond donors (Lipinski definition) is 0. The number of hydrogen-bond acceptors (Lipinski definition) is 2. The van der Waals surface area contributed by atoms with Crippen LogP contribution in [-0.2, 0) is 4.74 Å². The van der Waals surface area contributed by atoms with E-state index in [1.165, 1.54) is 25.7 Å². The topological polar surface area (TPSA) is 29.5 Å². The summed E-state index contributed by atoms with van der Waals surface area (Å²) in [6.07, 6.45) is 7.10. The molecule has 0 radical (unpaired) electrons. The van der Waals surface area contributed by atoms with Crippen LogP contribution in [0.3, 0.4) is 0 Å². The molecule has 2 aliphatic rings. The highest BCUT2D eigenvalue weighted by Crippen LogP contribution is 2.35. The second-order valence-corrected chi connectivity index (χ2v) is 6.06. The summed E-state index contributed by atoms with van der Waals surface area (Å²) < 4.78 is 5.50. The maximum Gasteiger partial charge on any atom is 0.410 e. The summed E-state index contributed by atoms with van der Waals surface area (Å²) in [7, 11) is 0. The number of ether oxygens (including phenoxy) is 1. The van der Waals surface area contributed by atoms with Crippen molar-refractivity contribution in [2.45, 2.75) is 77.0 Å². The predicted molar refractivity (Wildman–Crippen MR) is 63.4 cm³/mol. The molecule has 0 aromatic carbocycles. The van der Waals surface area contributed by atoms with Gasteiger partial charge in [-0.15, -0.1) is 0 Å². The zero-order valence-corrected chi connectivity index (χ0v) is 10.7. The summed E-state index contributed by atoms with van der Waals surface area (Å²) >= 11 is 0. The molecule has 2 saturated heterocycles. The molecule has 2 aliphatic heterocycles. The average molecular weight is 225 g/mol. The Morgan fingerprint density at radius 1 is 1.06 bits per heavy atom. The number of carbonyl (C=O) groups excluding carboxylic acids is 1. The number of carbonyl (C=O) groups is 1. The number of rotatable bonds is 0. The van der Waals surface area contributed by atoms with Gasteiger partial charge in [0.25, 0.3) is 0 Å². The largest absolute Gasteiger partial charge is 0.444 e. The van der Waals surface area contributed by atoms with Crippen LogP contribution < -0.4 is 0 Å². The van der Waals surface area contributed by atoms with E-state index in [1.807, 2.05) is 25.7 Å². The Bertz CT molecular complexity index is 256. The lowest BCUT2D eigenvalue weighted by Crippen LogP contribution is -2.43. The lowest BCUT2D eigenvalue weighted by atomic mass is 10.0. The molecule has 2 unspecified atom stereocenters. The van der Waals surface area contributed by atoms with Crippen LogP contribution in [0.4, 0.5) is 4.79 Å². The molecule has 0 aromatic heterocycles. The molecular weight excluding hydrogens is 202 g/mol. The zero-order chi connectivity index (χ0) is 11.8. The number of fused-ring (bicyclic) bond motifs is 2. The lowest BCUT2D eigenvalue weighted by molar-refractivity contribution is 0.0152. The van der Waals surface area contributed by atoms with Gasteiger partial charge in [-0.05, 0) is 46.5 Å². The van der Waals surface area contributed by atoms with Crippen LogP contribution in [0.25, 0.3) is 0 Å². The van der Waals surface area contributed by atoms with E-state index in [9.17, 15) is 4.79 Å². The zero-order valence-electron chi connectivity index (χ0n) is 10.7. The van der Waals surface area contributed by atoms with Gasteiger partial charge in [-0.25, -0.2) is 4.79 Å². The summed E-state index contributed by atoms with van der Waals surface area (Å²) in [4.78, 5) is 14.2. The van der Waals surface area contributed by atoms with E-state index in [0.29, 0.717) is 12.1 Å². The second kappa shape index (κ2) is 4.27. The summed E-state index contributed by atoms with van der Waals surface area (Å²) in [6.45, 7) is 5.81. The standard InChI is InChI=1S/C13H23NO2/c1-13(2,3)16-12(15)14-10-6-4-5-7-11(14)9-8-10/h10-11H,4-9H2,1-3H3. The fourth-order valence-electron chi connectivity index (χ4n) is 2.90. The molecule has 3 nitrogen and oxygen atoms in total. The first kappa shape index (κ1) is 11.7. The molecule has 16 heavy (non-hydrogen) atoms. The summed E-state index contributed by atoms with van der Waals surface area (Å²) in [5, 5.41) is 0. The van der Waals surface area contributed by atoms with Crippen molar-refractivity contribution in [2.24, 2.45) is 0 Å². The van der Waals surface area contributed by atoms with Crippen LogP contribution in [0.5, 0.6) is 0 Å². The van der Waals surface area contributed by atoms with Crippen LogP contribution in [0.1, 0.15) is 59.3 Å². The SMILES string of the molecule is CC(C)(C)OC(=O)N1C2CCCCC1CC2. The Kier molecular flexibility index (Phi) is 3.13. The molecular formula is C13H23NO2. The van der Waals surface area contributed by atoms with E-state index >= 15 is 0 Å². The molecule has 2 bridgehead atoms. The van der Waals surface area contributed by atoms with Gasteiger partial charge < -0.3 is 9.64 Å². The predicted octanol–water partition coefficient (Wildman–Crippen LogP) is 3.33. The molecule has 0 aromatic rings. The van der Waals surface area contributed by atoms with Gasteiger partial charge in [0.05, 0.1) is 0 Å². The van der Waals surface area contributed by atoms with E-state index in [-0.39, 0.29) is 11.7 Å². The highest BCUT2D eigenvalue weighted by Gasteiger charge is 2.39. The Hall–Kier alpha value is -0.730. The fourth-order valence-corrected chi connectivity index (χ4v) is 2.90. The van der Waals surface area contributed by atoms with Crippen molar-refractivity contribution in [3.63, 3.8) is 0 Å². The molecule has 0 spiro atoms. The molecule has 3 heteroatoms. The second-order valence-electron chi connectivity index (χ2n) is 6.06. The minimum Gasteiger partial charge on any atom is -0.444 e. The van der Waals surface area contributed by atoms with Crippen molar-refractivity contribution in [2.75, 3.05) is 0 Å². The molecule has 0 aliphatic carbocycles. The highest BCUT2D eigenvalue weighted by molar-refractivity contribution is 5.69. The van der Waals surface area contributed by atoms with Crippen molar-refractivity contribution < 1.29 is 9.53 Å². The molecule has 0 N–H and O–H groups in total. The normalized spacial score (nSPS) is 30.1. The molecule has 1 amide bonds. The molecule has 2 atom stereocenters. The molecule has 2 heterocycles. The smallest absolute Gasteiger partial charge is 0.410 e. The lowest BCUT2D eigenvalue weighted by Gasteiger charge is -2.31. The van der Waals surface area contributed by atoms with Gasteiger partial charge >= 0.3 is 6.09 Å². The minimum absolute atomic E-state index is 0.0955. The fraction of sp³-hybridized carbons (Fsp3) is 0.923. The van der Waals surface area contributed by atoms with E-state index in [1.54, 1.807) is 0 Å². The molecule has 92 valence electrons. The summed E-state index contributed by atoms with van der Waals surface area (Å²) in [5.74, 6) is 0. The number of nitrogens with zero attached hydrogens (tertiary/aromatic N) is 1. The van der Waals surface area contributed by atoms with Gasteiger partial charge in [0.1, 0.15) is 5.60 Å². The van der Waals surface area contributed by atoms with Crippen LogP contribution >= 0.6 is 0 Å². The Labute approximate surface area is 98.1 Å². The third kappa shape index (κ3) is 2.50. The third-order valence-electron chi connectivity index (χ3n) is 3.55. The van der Waals surface area contributed by atoms with Gasteiger partial charge in [0.15, 0.2) is 0 Å². The third-order valence-corrected chi connectivity index (χ3v) is 3.55. The Morgan fingerprint density at radius 2 is 1.56 bits per heavy atom. The summed E-state index contributed by atoms with van der Waals surface area (Å²) in [6, 6.07) is 0.893. The van der Waals surface area contributed by atoms with Gasteiger partial charge in [0.2, 0.25) is 0 Å². The van der Waals surface area contributed by atoms with Crippen molar-refractivity contribution in [3.8, 4) is 0 Å². The van der Waals surface area contributed by atoms with Gasteiger partial charge in [-0.2, -0.15) is 0 Å². The highest BCUT2D eigenvalue weighted by atomic mass is 16.6. The first-order valence-corrected chi connectivity index (χ1v) is 6.49. The average Bonchev–Trinajstić information content (AvgIpc) is 2.36. The maximum atomic E-state index is 12.1. The Morgan fingerprint density at radius 3 is 2.00 bits per heavy atom. The molecule has 2 rings (SSSR count). The van der Waals surface area contributed by atoms with E-state index in [4.69, 9.17) is 4.74 Å². The van der Waals surface area contributed by atoms with Crippen LogP contribution in [0.15, 0.2) is 0 Å². The van der Waals surface area contributed by atoms with Crippen molar-refractivity contribution >= 4 is 6.09 Å².